The third kappa shape index (κ3) is 4.44. The van der Waals surface area contributed by atoms with Crippen LogP contribution in [-0.2, 0) is 18.9 Å². The maximum Gasteiger partial charge on any atom is 0.407 e. The summed E-state index contributed by atoms with van der Waals surface area (Å²) in [5.74, 6) is -0.871. The highest BCUT2D eigenvalue weighted by Crippen LogP contribution is 2.27. The molecule has 1 rings (SSSR count). The molecule has 0 bridgehead atoms. The van der Waals surface area contributed by atoms with Crippen molar-refractivity contribution < 1.29 is 23.7 Å². The second-order valence-electron chi connectivity index (χ2n) is 4.25. The summed E-state index contributed by atoms with van der Waals surface area (Å²) < 4.78 is 21.5. The molecule has 0 saturated carbocycles. The third-order valence-electron chi connectivity index (χ3n) is 2.72. The minimum Gasteiger partial charge on any atom is -0.449 e. The Morgan fingerprint density at radius 3 is 2.56 bits per heavy atom. The van der Waals surface area contributed by atoms with Crippen molar-refractivity contribution in [3.05, 3.63) is 0 Å². The van der Waals surface area contributed by atoms with E-state index in [0.29, 0.717) is 26.2 Å². The van der Waals surface area contributed by atoms with Gasteiger partial charge >= 0.3 is 6.09 Å². The third-order valence-corrected chi connectivity index (χ3v) is 2.72. The predicted octanol–water partition coefficient (Wildman–Crippen LogP) is 1.50. The summed E-state index contributed by atoms with van der Waals surface area (Å²) in [4.78, 5) is 11.1. The van der Waals surface area contributed by atoms with Gasteiger partial charge in [-0.25, -0.2) is 4.79 Å². The quantitative estimate of drug-likeness (QED) is 0.784. The van der Waals surface area contributed by atoms with Gasteiger partial charge in [-0.05, 0) is 13.3 Å². The molecule has 1 fully saturated rings. The molecule has 18 heavy (non-hydrogen) atoms. The van der Waals surface area contributed by atoms with Crippen LogP contribution in [-0.4, -0.2) is 45.5 Å². The number of rotatable bonds is 6. The Hall–Kier alpha value is -0.850. The first-order chi connectivity index (χ1) is 8.65. The normalized spacial score (nSPS) is 27.8. The summed E-state index contributed by atoms with van der Waals surface area (Å²) in [6.45, 7) is 5.65. The van der Waals surface area contributed by atoms with Crippen LogP contribution in [0.2, 0.25) is 0 Å². The molecule has 0 aromatic rings. The van der Waals surface area contributed by atoms with Crippen molar-refractivity contribution in [2.24, 2.45) is 5.92 Å². The van der Waals surface area contributed by atoms with Gasteiger partial charge in [0.15, 0.2) is 0 Å². The smallest absolute Gasteiger partial charge is 0.407 e. The minimum atomic E-state index is -0.920. The summed E-state index contributed by atoms with van der Waals surface area (Å²) in [6.07, 6.45) is 1.19. The van der Waals surface area contributed by atoms with Gasteiger partial charge in [-0.15, -0.1) is 0 Å². The maximum absolute atomic E-state index is 11.1. The Labute approximate surface area is 108 Å². The molecule has 0 spiro atoms. The van der Waals surface area contributed by atoms with Gasteiger partial charge in [0.05, 0.1) is 13.2 Å². The molecule has 1 aliphatic rings. The number of amides is 1. The van der Waals surface area contributed by atoms with Gasteiger partial charge in [-0.1, -0.05) is 6.92 Å². The number of methoxy groups -OCH3 is 1. The van der Waals surface area contributed by atoms with Gasteiger partial charge < -0.3 is 24.3 Å². The number of nitrogens with one attached hydrogen (secondary N) is 1. The van der Waals surface area contributed by atoms with Crippen LogP contribution in [0.1, 0.15) is 26.7 Å². The molecule has 0 aromatic carbocycles. The molecule has 1 heterocycles. The average molecular weight is 261 g/mol. The van der Waals surface area contributed by atoms with Gasteiger partial charge in [0.25, 0.3) is 5.97 Å². The highest BCUT2D eigenvalue weighted by molar-refractivity contribution is 5.66. The molecule has 6 heteroatoms. The first-order valence-corrected chi connectivity index (χ1v) is 6.39. The zero-order chi connectivity index (χ0) is 13.4. The van der Waals surface area contributed by atoms with Crippen molar-refractivity contribution in [1.82, 2.24) is 5.32 Å². The molecule has 0 aromatic heterocycles. The number of ether oxygens (including phenoxy) is 4. The van der Waals surface area contributed by atoms with Gasteiger partial charge in [-0.3, -0.25) is 0 Å². The van der Waals surface area contributed by atoms with Crippen molar-refractivity contribution in [3.8, 4) is 0 Å². The molecule has 0 unspecified atom stereocenters. The standard InChI is InChI=1S/C12H23NO5/c1-4-6-12(15-3)17-8-10(9-18-12)7-16-11(14)13-5-2/h10H,4-9H2,1-3H3,(H,13,14). The Morgan fingerprint density at radius 2 is 2.06 bits per heavy atom. The van der Waals surface area contributed by atoms with Crippen LogP contribution >= 0.6 is 0 Å². The lowest BCUT2D eigenvalue weighted by atomic mass is 10.1. The molecule has 1 aliphatic heterocycles. The highest BCUT2D eigenvalue weighted by Gasteiger charge is 2.37. The van der Waals surface area contributed by atoms with E-state index in [1.165, 1.54) is 0 Å². The van der Waals surface area contributed by atoms with E-state index in [-0.39, 0.29) is 12.5 Å². The second kappa shape index (κ2) is 7.56. The zero-order valence-corrected chi connectivity index (χ0v) is 11.4. The topological polar surface area (TPSA) is 66.0 Å². The zero-order valence-electron chi connectivity index (χ0n) is 11.4. The van der Waals surface area contributed by atoms with E-state index in [0.717, 1.165) is 6.42 Å². The summed E-state index contributed by atoms with van der Waals surface area (Å²) in [5, 5.41) is 2.57. The number of alkyl carbamates (subject to hydrolysis) is 1. The van der Waals surface area contributed by atoms with Crippen molar-refractivity contribution >= 4 is 6.09 Å². The Bertz CT molecular complexity index is 251. The van der Waals surface area contributed by atoms with E-state index < -0.39 is 12.1 Å². The molecule has 1 amide bonds. The van der Waals surface area contributed by atoms with Gasteiger partial charge in [0, 0.05) is 26.0 Å². The van der Waals surface area contributed by atoms with Crippen LogP contribution in [0.25, 0.3) is 0 Å². The largest absolute Gasteiger partial charge is 0.449 e. The van der Waals surface area contributed by atoms with E-state index in [4.69, 9.17) is 18.9 Å². The summed E-state index contributed by atoms with van der Waals surface area (Å²) >= 11 is 0. The van der Waals surface area contributed by atoms with Crippen LogP contribution in [0.4, 0.5) is 4.79 Å². The molecule has 1 saturated heterocycles. The molecule has 0 atom stereocenters. The lowest BCUT2D eigenvalue weighted by Gasteiger charge is -2.38. The SMILES string of the molecule is CCCC1(OC)OCC(COC(=O)NCC)CO1. The molecule has 6 nitrogen and oxygen atoms in total. The fourth-order valence-corrected chi connectivity index (χ4v) is 1.73. The monoisotopic (exact) mass is 261 g/mol. The Morgan fingerprint density at radius 1 is 1.39 bits per heavy atom. The van der Waals surface area contributed by atoms with Crippen LogP contribution in [0.15, 0.2) is 0 Å². The minimum absolute atomic E-state index is 0.0488. The number of carbonyl (C=O) groups is 1. The summed E-state index contributed by atoms with van der Waals surface area (Å²) in [5.41, 5.74) is 0. The number of hydrogen-bond donors (Lipinski definition) is 1. The van der Waals surface area contributed by atoms with Crippen LogP contribution < -0.4 is 5.32 Å². The molecule has 0 radical (unpaired) electrons. The lowest BCUT2D eigenvalue weighted by molar-refractivity contribution is -0.403. The molecule has 106 valence electrons. The van der Waals surface area contributed by atoms with Gasteiger partial charge in [0.2, 0.25) is 0 Å². The maximum atomic E-state index is 11.1. The van der Waals surface area contributed by atoms with Crippen LogP contribution in [0.5, 0.6) is 0 Å². The van der Waals surface area contributed by atoms with Crippen LogP contribution in [0.3, 0.4) is 0 Å². The lowest BCUT2D eigenvalue weighted by Crippen LogP contribution is -2.47. The van der Waals surface area contributed by atoms with Crippen molar-refractivity contribution in [3.63, 3.8) is 0 Å². The van der Waals surface area contributed by atoms with E-state index in [1.54, 1.807) is 7.11 Å². The Kier molecular flexibility index (Phi) is 6.38. The fourth-order valence-electron chi connectivity index (χ4n) is 1.73. The predicted molar refractivity (Wildman–Crippen MR) is 65.1 cm³/mol. The van der Waals surface area contributed by atoms with E-state index >= 15 is 0 Å². The summed E-state index contributed by atoms with van der Waals surface area (Å²) in [7, 11) is 1.57. The van der Waals surface area contributed by atoms with E-state index in [2.05, 4.69) is 5.32 Å². The molecular weight excluding hydrogens is 238 g/mol. The fraction of sp³-hybridized carbons (Fsp3) is 0.917. The first-order valence-electron chi connectivity index (χ1n) is 6.39. The highest BCUT2D eigenvalue weighted by atomic mass is 16.9. The van der Waals surface area contributed by atoms with Gasteiger partial charge in [-0.2, -0.15) is 0 Å². The first kappa shape index (κ1) is 15.2. The number of hydrogen-bond acceptors (Lipinski definition) is 5. The molecule has 0 aliphatic carbocycles. The van der Waals surface area contributed by atoms with Crippen LogP contribution in [0, 0.1) is 5.92 Å². The van der Waals surface area contributed by atoms with E-state index in [9.17, 15) is 4.79 Å². The molecular formula is C12H23NO5. The summed E-state index contributed by atoms with van der Waals surface area (Å²) in [6, 6.07) is 0. The van der Waals surface area contributed by atoms with Gasteiger partial charge in [0.1, 0.15) is 6.61 Å². The average Bonchev–Trinajstić information content (AvgIpc) is 2.39. The van der Waals surface area contributed by atoms with E-state index in [1.807, 2.05) is 13.8 Å². The van der Waals surface area contributed by atoms with Crippen molar-refractivity contribution in [1.29, 1.82) is 0 Å². The van der Waals surface area contributed by atoms with Crippen molar-refractivity contribution in [2.45, 2.75) is 32.7 Å². The Balaban J connectivity index is 2.28. The molecule has 1 N–H and O–H groups in total. The van der Waals surface area contributed by atoms with Crippen molar-refractivity contribution in [2.75, 3.05) is 33.5 Å². The second-order valence-corrected chi connectivity index (χ2v) is 4.25. The number of carbonyl (C=O) groups excluding carboxylic acids is 1.